The van der Waals surface area contributed by atoms with Crippen LogP contribution in [0.3, 0.4) is 0 Å². The van der Waals surface area contributed by atoms with Crippen LogP contribution < -0.4 is 20.1 Å². The third kappa shape index (κ3) is 5.39. The van der Waals surface area contributed by atoms with E-state index in [9.17, 15) is 9.59 Å². The van der Waals surface area contributed by atoms with Crippen LogP contribution in [0.5, 0.6) is 11.5 Å². The van der Waals surface area contributed by atoms with Gasteiger partial charge in [-0.05, 0) is 35.4 Å². The summed E-state index contributed by atoms with van der Waals surface area (Å²) in [5.74, 6) is 0.413. The number of amides is 2. The molecule has 39 heavy (non-hydrogen) atoms. The molecule has 0 bridgehead atoms. The van der Waals surface area contributed by atoms with Crippen LogP contribution in [0, 0.1) is 0 Å². The molecule has 4 aromatic carbocycles. The Morgan fingerprint density at radius 3 is 1.28 bits per heavy atom. The molecule has 0 fully saturated rings. The van der Waals surface area contributed by atoms with Crippen molar-refractivity contribution in [1.29, 1.82) is 0 Å². The van der Waals surface area contributed by atoms with Gasteiger partial charge >= 0.3 is 0 Å². The van der Waals surface area contributed by atoms with Crippen molar-refractivity contribution in [2.45, 2.75) is 0 Å². The monoisotopic (exact) mass is 534 g/mol. The predicted octanol–water partition coefficient (Wildman–Crippen LogP) is 7.60. The van der Waals surface area contributed by atoms with Gasteiger partial charge < -0.3 is 20.1 Å². The number of hydrogen-bond acceptors (Lipinski definition) is 5. The van der Waals surface area contributed by atoms with Crippen LogP contribution >= 0.6 is 11.3 Å². The Morgan fingerprint density at radius 2 is 0.897 bits per heavy atom. The smallest absolute Gasteiger partial charge is 0.266 e. The van der Waals surface area contributed by atoms with Gasteiger partial charge in [0, 0.05) is 11.1 Å². The fourth-order valence-corrected chi connectivity index (χ4v) is 5.50. The summed E-state index contributed by atoms with van der Waals surface area (Å²) in [6, 6.07) is 33.7. The number of benzene rings is 4. The number of rotatable bonds is 8. The zero-order valence-electron chi connectivity index (χ0n) is 21.4. The maximum absolute atomic E-state index is 13.8. The van der Waals surface area contributed by atoms with E-state index in [1.807, 2.05) is 84.9 Å². The zero-order chi connectivity index (χ0) is 27.2. The molecule has 1 aromatic heterocycles. The van der Waals surface area contributed by atoms with Gasteiger partial charge in [0.1, 0.15) is 21.3 Å². The first-order valence-electron chi connectivity index (χ1n) is 12.3. The zero-order valence-corrected chi connectivity index (χ0v) is 22.3. The average molecular weight is 535 g/mol. The van der Waals surface area contributed by atoms with Gasteiger partial charge in [0.25, 0.3) is 11.8 Å². The molecule has 0 aliphatic carbocycles. The van der Waals surface area contributed by atoms with Crippen LogP contribution in [0.4, 0.5) is 11.4 Å². The second-order valence-corrected chi connectivity index (χ2v) is 9.57. The van der Waals surface area contributed by atoms with Crippen LogP contribution in [-0.4, -0.2) is 26.0 Å². The molecule has 2 amide bonds. The summed E-state index contributed by atoms with van der Waals surface area (Å²) in [6.45, 7) is 0. The topological polar surface area (TPSA) is 76.7 Å². The summed E-state index contributed by atoms with van der Waals surface area (Å²) in [5.41, 5.74) is 4.11. The number of hydrogen-bond donors (Lipinski definition) is 2. The van der Waals surface area contributed by atoms with E-state index < -0.39 is 0 Å². The number of thiophene rings is 1. The molecular weight excluding hydrogens is 508 g/mol. The van der Waals surface area contributed by atoms with Gasteiger partial charge in [-0.2, -0.15) is 0 Å². The Balaban J connectivity index is 1.69. The van der Waals surface area contributed by atoms with E-state index in [0.29, 0.717) is 43.8 Å². The molecule has 5 aromatic rings. The second-order valence-electron chi connectivity index (χ2n) is 8.55. The molecule has 1 heterocycles. The molecule has 5 rings (SSSR count). The Labute approximate surface area is 230 Å². The van der Waals surface area contributed by atoms with Gasteiger partial charge in [-0.1, -0.05) is 84.9 Å². The van der Waals surface area contributed by atoms with Crippen molar-refractivity contribution in [2.75, 3.05) is 24.9 Å². The van der Waals surface area contributed by atoms with Gasteiger partial charge in [-0.3, -0.25) is 9.59 Å². The van der Waals surface area contributed by atoms with Crippen molar-refractivity contribution in [3.8, 4) is 33.8 Å². The molecule has 194 valence electrons. The number of methoxy groups -OCH3 is 2. The van der Waals surface area contributed by atoms with Crippen LogP contribution in [-0.2, 0) is 0 Å². The molecule has 0 aliphatic heterocycles. The molecule has 0 aliphatic rings. The molecule has 0 saturated carbocycles. The van der Waals surface area contributed by atoms with E-state index >= 15 is 0 Å². The Bertz CT molecular complexity index is 1490. The fraction of sp³-hybridized carbons (Fsp3) is 0.0625. The number of para-hydroxylation sites is 4. The molecule has 0 atom stereocenters. The Kier molecular flexibility index (Phi) is 7.70. The minimum absolute atomic E-state index is 0.336. The lowest BCUT2D eigenvalue weighted by Crippen LogP contribution is -2.12. The van der Waals surface area contributed by atoms with Crippen LogP contribution in [0.2, 0.25) is 0 Å². The van der Waals surface area contributed by atoms with Crippen molar-refractivity contribution >= 4 is 34.5 Å². The molecule has 2 N–H and O–H groups in total. The molecule has 7 heteroatoms. The van der Waals surface area contributed by atoms with Crippen LogP contribution in [0.1, 0.15) is 19.3 Å². The van der Waals surface area contributed by atoms with E-state index in [0.717, 1.165) is 22.5 Å². The Hall–Kier alpha value is -4.88. The van der Waals surface area contributed by atoms with Crippen LogP contribution in [0.25, 0.3) is 22.3 Å². The predicted molar refractivity (Wildman–Crippen MR) is 157 cm³/mol. The highest BCUT2D eigenvalue weighted by atomic mass is 32.1. The third-order valence-corrected chi connectivity index (χ3v) is 7.34. The van der Waals surface area contributed by atoms with Gasteiger partial charge in [0.05, 0.1) is 25.6 Å². The van der Waals surface area contributed by atoms with Crippen molar-refractivity contribution in [2.24, 2.45) is 0 Å². The standard InChI is InChI=1S/C32H26N2O4S/c1-37-25-19-11-9-17-23(25)33-31(35)29-27(21-13-5-3-6-14-21)28(22-15-7-4-8-16-22)30(39-29)32(36)34-24-18-10-12-20-26(24)38-2/h3-20H,1-2H3,(H,33,35)(H,34,36). The number of carbonyl (C=O) groups is 2. The maximum atomic E-state index is 13.8. The quantitative estimate of drug-likeness (QED) is 0.215. The number of nitrogens with one attached hydrogen (secondary N) is 2. The number of ether oxygens (including phenoxy) is 2. The highest BCUT2D eigenvalue weighted by molar-refractivity contribution is 7.17. The van der Waals surface area contributed by atoms with Gasteiger partial charge in [-0.15, -0.1) is 11.3 Å². The summed E-state index contributed by atoms with van der Waals surface area (Å²) >= 11 is 1.15. The van der Waals surface area contributed by atoms with Gasteiger partial charge in [-0.25, -0.2) is 0 Å². The first-order chi connectivity index (χ1) is 19.1. The first-order valence-corrected chi connectivity index (χ1v) is 13.1. The lowest BCUT2D eigenvalue weighted by Gasteiger charge is -2.12. The minimum Gasteiger partial charge on any atom is -0.495 e. The molecule has 0 unspecified atom stereocenters. The van der Waals surface area contributed by atoms with Gasteiger partial charge in [0.15, 0.2) is 0 Å². The van der Waals surface area contributed by atoms with Crippen LogP contribution in [0.15, 0.2) is 109 Å². The van der Waals surface area contributed by atoms with E-state index in [2.05, 4.69) is 10.6 Å². The van der Waals surface area contributed by atoms with E-state index in [4.69, 9.17) is 9.47 Å². The van der Waals surface area contributed by atoms with E-state index in [1.54, 1.807) is 38.5 Å². The largest absolute Gasteiger partial charge is 0.495 e. The molecule has 0 spiro atoms. The maximum Gasteiger partial charge on any atom is 0.266 e. The minimum atomic E-state index is -0.336. The SMILES string of the molecule is COc1ccccc1NC(=O)c1sc(C(=O)Nc2ccccc2OC)c(-c2ccccc2)c1-c1ccccc1. The van der Waals surface area contributed by atoms with E-state index in [1.165, 1.54) is 0 Å². The summed E-state index contributed by atoms with van der Waals surface area (Å²) in [7, 11) is 3.11. The van der Waals surface area contributed by atoms with Crippen molar-refractivity contribution in [1.82, 2.24) is 0 Å². The third-order valence-electron chi connectivity index (χ3n) is 6.16. The molecule has 6 nitrogen and oxygen atoms in total. The average Bonchev–Trinajstić information content (AvgIpc) is 3.40. The number of anilines is 2. The lowest BCUT2D eigenvalue weighted by molar-refractivity contribution is 0.102. The highest BCUT2D eigenvalue weighted by Crippen LogP contribution is 2.44. The molecular formula is C32H26N2O4S. The normalized spacial score (nSPS) is 10.5. The molecule has 0 saturated heterocycles. The Morgan fingerprint density at radius 1 is 0.538 bits per heavy atom. The van der Waals surface area contributed by atoms with Crippen molar-refractivity contribution in [3.63, 3.8) is 0 Å². The highest BCUT2D eigenvalue weighted by Gasteiger charge is 2.29. The second kappa shape index (κ2) is 11.7. The van der Waals surface area contributed by atoms with Crippen molar-refractivity contribution in [3.05, 3.63) is 119 Å². The summed E-state index contributed by atoms with van der Waals surface area (Å²) < 4.78 is 10.9. The lowest BCUT2D eigenvalue weighted by atomic mass is 9.94. The summed E-state index contributed by atoms with van der Waals surface area (Å²) in [4.78, 5) is 28.5. The summed E-state index contributed by atoms with van der Waals surface area (Å²) in [5, 5.41) is 5.96. The van der Waals surface area contributed by atoms with Crippen molar-refractivity contribution < 1.29 is 19.1 Å². The van der Waals surface area contributed by atoms with E-state index in [-0.39, 0.29) is 11.8 Å². The summed E-state index contributed by atoms with van der Waals surface area (Å²) in [6.07, 6.45) is 0. The fourth-order valence-electron chi connectivity index (χ4n) is 4.37. The number of carbonyl (C=O) groups excluding carboxylic acids is 2. The van der Waals surface area contributed by atoms with Gasteiger partial charge in [0.2, 0.25) is 0 Å². The molecule has 0 radical (unpaired) electrons. The first kappa shape index (κ1) is 25.8.